The zero-order valence-electron chi connectivity index (χ0n) is 6.34. The lowest BCUT2D eigenvalue weighted by molar-refractivity contribution is 0.556. The summed E-state index contributed by atoms with van der Waals surface area (Å²) in [6, 6.07) is 0. The van der Waals surface area contributed by atoms with Crippen LogP contribution in [0.1, 0.15) is 0 Å². The molecule has 4 nitrogen and oxygen atoms in total. The Labute approximate surface area is 83.5 Å². The minimum absolute atomic E-state index is 0.279. The average Bonchev–Trinajstić information content (AvgIpc) is 2.47. The maximum Gasteiger partial charge on any atom is 0.321 e. The van der Waals surface area contributed by atoms with Gasteiger partial charge in [-0.2, -0.15) is 12.8 Å². The number of hydrogen-bond acceptors (Lipinski definition) is 4. The van der Waals surface area contributed by atoms with Crippen molar-refractivity contribution >= 4 is 43.7 Å². The molecule has 0 saturated heterocycles. The highest BCUT2D eigenvalue weighted by molar-refractivity contribution is 8.12. The van der Waals surface area contributed by atoms with Crippen molar-refractivity contribution in [1.29, 1.82) is 0 Å². The van der Waals surface area contributed by atoms with Crippen molar-refractivity contribution in [2.75, 3.05) is 6.54 Å². The first-order valence-electron chi connectivity index (χ1n) is 3.41. The second-order valence-electron chi connectivity index (χ2n) is 2.49. The van der Waals surface area contributed by atoms with E-state index in [1.165, 1.54) is 17.7 Å². The lowest BCUT2D eigenvalue weighted by Gasteiger charge is -2.14. The molecular formula is C6H5ClN2O2S2. The Balaban J connectivity index is 2.57. The lowest BCUT2D eigenvalue weighted by Crippen LogP contribution is -2.33. The molecule has 2 heterocycles. The van der Waals surface area contributed by atoms with Crippen LogP contribution in [0.25, 0.3) is 12.3 Å². The summed E-state index contributed by atoms with van der Waals surface area (Å²) in [7, 11) is 1.52. The minimum atomic E-state index is -3.65. The number of hydrogen-bond donors (Lipinski definition) is 0. The fraction of sp³-hybridized carbons (Fsp3) is 0.167. The fourth-order valence-corrected chi connectivity index (χ4v) is 2.46. The minimum Gasteiger partial charge on any atom is -0.260 e. The molecule has 0 aromatic carbocycles. The Hall–Kier alpha value is -0.590. The van der Waals surface area contributed by atoms with Crippen LogP contribution in [0, 0.1) is 0 Å². The van der Waals surface area contributed by atoms with Crippen molar-refractivity contribution in [3.05, 3.63) is 15.9 Å². The van der Waals surface area contributed by atoms with Crippen LogP contribution in [0.4, 0.5) is 0 Å². The van der Waals surface area contributed by atoms with Gasteiger partial charge in [-0.3, -0.25) is 4.31 Å². The molecule has 0 saturated carbocycles. The van der Waals surface area contributed by atoms with Gasteiger partial charge in [0.05, 0.1) is 17.3 Å². The van der Waals surface area contributed by atoms with Crippen LogP contribution >= 0.6 is 22.2 Å². The Bertz CT molecular complexity index is 533. The van der Waals surface area contributed by atoms with Crippen molar-refractivity contribution in [1.82, 2.24) is 8.68 Å². The van der Waals surface area contributed by atoms with E-state index in [0.717, 1.165) is 14.1 Å². The molecule has 0 radical (unpaired) electrons. The molecule has 0 spiro atoms. The first-order valence-corrected chi connectivity index (χ1v) is 6.45. The molecular weight excluding hydrogens is 232 g/mol. The average molecular weight is 237 g/mol. The first kappa shape index (κ1) is 8.98. The Morgan fingerprint density at radius 2 is 2.38 bits per heavy atom. The highest BCUT2D eigenvalue weighted by atomic mass is 35.7. The zero-order valence-corrected chi connectivity index (χ0v) is 8.73. The number of fused-ring (bicyclic) bond motifs is 1. The number of rotatable bonds is 1. The van der Waals surface area contributed by atoms with E-state index in [1.54, 1.807) is 12.3 Å². The standard InChI is InChI=1S/C6H5ClN2O2S2/c7-13(10,11)9-2-1-6-5(4-9)3-8-12-6/h1,3-4H,2H2. The predicted molar refractivity (Wildman–Crippen MR) is 51.8 cm³/mol. The van der Waals surface area contributed by atoms with Gasteiger partial charge in [0.2, 0.25) is 0 Å². The summed E-state index contributed by atoms with van der Waals surface area (Å²) in [6.07, 6.45) is 4.89. The summed E-state index contributed by atoms with van der Waals surface area (Å²) >= 11 is 1.34. The maximum absolute atomic E-state index is 10.9. The third kappa shape index (κ3) is 1.70. The van der Waals surface area contributed by atoms with Crippen LogP contribution in [0.15, 0.2) is 6.20 Å². The summed E-state index contributed by atoms with van der Waals surface area (Å²) in [4.78, 5) is 0. The lowest BCUT2D eigenvalue weighted by atomic mass is 10.4. The third-order valence-electron chi connectivity index (χ3n) is 1.65. The normalized spacial score (nSPS) is 15.9. The van der Waals surface area contributed by atoms with Gasteiger partial charge in [0.25, 0.3) is 0 Å². The van der Waals surface area contributed by atoms with Crippen LogP contribution in [-0.2, 0) is 9.24 Å². The van der Waals surface area contributed by atoms with E-state index >= 15 is 0 Å². The fourth-order valence-electron chi connectivity index (χ4n) is 1.04. The molecule has 1 aromatic rings. The topological polar surface area (TPSA) is 50.3 Å². The molecule has 0 N–H and O–H groups in total. The van der Waals surface area contributed by atoms with Crippen molar-refractivity contribution in [3.63, 3.8) is 0 Å². The highest BCUT2D eigenvalue weighted by Gasteiger charge is 2.15. The van der Waals surface area contributed by atoms with Crippen molar-refractivity contribution in [2.45, 2.75) is 0 Å². The first-order chi connectivity index (χ1) is 6.07. The van der Waals surface area contributed by atoms with E-state index in [9.17, 15) is 8.42 Å². The van der Waals surface area contributed by atoms with Gasteiger partial charge < -0.3 is 0 Å². The van der Waals surface area contributed by atoms with Gasteiger partial charge in [0.15, 0.2) is 0 Å². The predicted octanol–water partition coefficient (Wildman–Crippen LogP) is -0.539. The second-order valence-corrected chi connectivity index (χ2v) is 5.79. The molecule has 0 unspecified atom stereocenters. The largest absolute Gasteiger partial charge is 0.321 e. The van der Waals surface area contributed by atoms with Crippen LogP contribution in [0.5, 0.6) is 0 Å². The van der Waals surface area contributed by atoms with Crippen molar-refractivity contribution in [3.8, 4) is 0 Å². The Morgan fingerprint density at radius 1 is 1.62 bits per heavy atom. The maximum atomic E-state index is 10.9. The molecule has 1 aliphatic heterocycles. The SMILES string of the molecule is O=S(=O)(Cl)N1C=c2cnsc2=CC1. The van der Waals surface area contributed by atoms with Crippen LogP contribution in [0.3, 0.4) is 0 Å². The molecule has 1 aromatic heterocycles. The van der Waals surface area contributed by atoms with Crippen molar-refractivity contribution < 1.29 is 8.42 Å². The van der Waals surface area contributed by atoms with E-state index in [0.29, 0.717) is 0 Å². The molecule has 13 heavy (non-hydrogen) atoms. The van der Waals surface area contributed by atoms with Gasteiger partial charge in [-0.25, -0.2) is 0 Å². The molecule has 7 heteroatoms. The van der Waals surface area contributed by atoms with Gasteiger partial charge in [-0.1, -0.05) is 0 Å². The number of nitrogens with zero attached hydrogens (tertiary/aromatic N) is 2. The van der Waals surface area contributed by atoms with Gasteiger partial charge in [0.1, 0.15) is 0 Å². The summed E-state index contributed by atoms with van der Waals surface area (Å²) in [5.74, 6) is 0. The summed E-state index contributed by atoms with van der Waals surface area (Å²) in [5.41, 5.74) is 0. The van der Waals surface area contributed by atoms with Crippen LogP contribution < -0.4 is 9.75 Å². The second kappa shape index (κ2) is 2.97. The third-order valence-corrected chi connectivity index (χ3v) is 3.80. The molecule has 70 valence electrons. The molecule has 2 rings (SSSR count). The zero-order chi connectivity index (χ0) is 9.47. The summed E-state index contributed by atoms with van der Waals surface area (Å²) in [6.45, 7) is 0.279. The van der Waals surface area contributed by atoms with Gasteiger partial charge in [-0.05, 0) is 17.6 Å². The van der Waals surface area contributed by atoms with Crippen LogP contribution in [0.2, 0.25) is 0 Å². The number of aromatic nitrogens is 1. The number of halogens is 1. The Kier molecular flexibility index (Phi) is 2.05. The van der Waals surface area contributed by atoms with E-state index in [2.05, 4.69) is 4.37 Å². The summed E-state index contributed by atoms with van der Waals surface area (Å²) < 4.78 is 27.9. The molecule has 0 fully saturated rings. The molecule has 1 aliphatic rings. The van der Waals surface area contributed by atoms with Gasteiger partial charge in [0, 0.05) is 22.1 Å². The van der Waals surface area contributed by atoms with E-state index in [1.807, 2.05) is 0 Å². The molecule has 0 amide bonds. The quantitative estimate of drug-likeness (QED) is 0.616. The van der Waals surface area contributed by atoms with E-state index in [4.69, 9.17) is 10.7 Å². The van der Waals surface area contributed by atoms with E-state index < -0.39 is 9.24 Å². The summed E-state index contributed by atoms with van der Waals surface area (Å²) in [5, 5.41) is 0.792. The Morgan fingerprint density at radius 3 is 3.08 bits per heavy atom. The van der Waals surface area contributed by atoms with E-state index in [-0.39, 0.29) is 6.54 Å². The molecule has 0 atom stereocenters. The van der Waals surface area contributed by atoms with Crippen molar-refractivity contribution in [2.24, 2.45) is 0 Å². The highest BCUT2D eigenvalue weighted by Crippen LogP contribution is 2.07. The molecule has 0 bridgehead atoms. The van der Waals surface area contributed by atoms with Crippen LogP contribution in [-0.4, -0.2) is 23.6 Å². The monoisotopic (exact) mass is 236 g/mol. The van der Waals surface area contributed by atoms with Gasteiger partial charge in [-0.15, -0.1) is 0 Å². The smallest absolute Gasteiger partial charge is 0.260 e. The molecule has 0 aliphatic carbocycles. The van der Waals surface area contributed by atoms with Gasteiger partial charge >= 0.3 is 9.24 Å².